The van der Waals surface area contributed by atoms with E-state index in [1.54, 1.807) is 13.8 Å². The quantitative estimate of drug-likeness (QED) is 0.0822. The van der Waals surface area contributed by atoms with Crippen LogP contribution in [0, 0.1) is 35.0 Å². The number of anilines is 2. The van der Waals surface area contributed by atoms with E-state index >= 15 is 0 Å². The van der Waals surface area contributed by atoms with Crippen LogP contribution in [0.15, 0.2) is 30.3 Å². The van der Waals surface area contributed by atoms with Crippen LogP contribution < -0.4 is 15.4 Å². The number of carbonyl (C=O) groups excluding carboxylic acids is 2. The summed E-state index contributed by atoms with van der Waals surface area (Å²) in [5, 5.41) is 14.8. The van der Waals surface area contributed by atoms with Gasteiger partial charge >= 0.3 is 0 Å². The van der Waals surface area contributed by atoms with Crippen LogP contribution in [0.4, 0.5) is 33.3 Å². The van der Waals surface area contributed by atoms with Crippen LogP contribution in [0.1, 0.15) is 89.7 Å². The molecule has 250 valence electrons. The van der Waals surface area contributed by atoms with E-state index in [4.69, 9.17) is 16.3 Å². The highest BCUT2D eigenvalue weighted by Gasteiger charge is 2.32. The van der Waals surface area contributed by atoms with Crippen LogP contribution in [0.25, 0.3) is 0 Å². The van der Waals surface area contributed by atoms with Gasteiger partial charge in [-0.05, 0) is 47.3 Å². The maximum Gasteiger partial charge on any atom is 0.265 e. The van der Waals surface area contributed by atoms with Gasteiger partial charge < -0.3 is 20.5 Å². The zero-order chi connectivity index (χ0) is 34.9. The summed E-state index contributed by atoms with van der Waals surface area (Å²) in [6.45, 7) is 16.3. The molecule has 1 atom stereocenters. The molecule has 3 aromatic carbocycles. The van der Waals surface area contributed by atoms with Gasteiger partial charge in [0.15, 0.2) is 29.4 Å². The van der Waals surface area contributed by atoms with E-state index in [0.717, 1.165) is 36.1 Å². The van der Waals surface area contributed by atoms with Crippen molar-refractivity contribution in [3.05, 3.63) is 81.1 Å². The van der Waals surface area contributed by atoms with Crippen molar-refractivity contribution in [2.45, 2.75) is 85.2 Å². The van der Waals surface area contributed by atoms with Gasteiger partial charge in [-0.15, -0.1) is 0 Å². The van der Waals surface area contributed by atoms with Crippen molar-refractivity contribution in [2.75, 3.05) is 10.6 Å². The summed E-state index contributed by atoms with van der Waals surface area (Å²) in [7, 11) is 0. The van der Waals surface area contributed by atoms with E-state index in [1.165, 1.54) is 0 Å². The Morgan fingerprint density at radius 3 is 1.89 bits per heavy atom. The van der Waals surface area contributed by atoms with Crippen LogP contribution in [-0.4, -0.2) is 23.0 Å². The number of hydrogen-bond acceptors (Lipinski definition) is 4. The lowest BCUT2D eigenvalue weighted by atomic mass is 9.76. The average molecular weight is 669 g/mol. The van der Waals surface area contributed by atoms with Gasteiger partial charge in [-0.25, -0.2) is 22.0 Å². The molecule has 0 spiro atoms. The van der Waals surface area contributed by atoms with E-state index in [9.17, 15) is 36.6 Å². The van der Waals surface area contributed by atoms with E-state index in [-0.39, 0.29) is 27.5 Å². The molecule has 12 heteroatoms. The SMILES string of the molecule is CCC(C)(C)c1ccc(OC(C(=O)Nc2cc(O)c(NC(=O)c3c(F)c(F)c(F)c(F)c3F)cc2Cl)C(C)C)c(C(C)(C)CC)c1. The third-order valence-corrected chi connectivity index (χ3v) is 8.72. The fraction of sp³-hybridized carbons (Fsp3) is 0.412. The summed E-state index contributed by atoms with van der Waals surface area (Å²) in [5.74, 6) is -14.6. The maximum atomic E-state index is 14.1. The lowest BCUT2D eigenvalue weighted by Crippen LogP contribution is -2.38. The van der Waals surface area contributed by atoms with Crippen molar-refractivity contribution in [1.29, 1.82) is 0 Å². The molecule has 6 nitrogen and oxygen atoms in total. The summed E-state index contributed by atoms with van der Waals surface area (Å²) < 4.78 is 75.1. The Balaban J connectivity index is 1.90. The maximum absolute atomic E-state index is 14.1. The topological polar surface area (TPSA) is 87.7 Å². The number of phenolic OH excluding ortho intramolecular Hbond substituents is 1. The summed E-state index contributed by atoms with van der Waals surface area (Å²) in [6.07, 6.45) is 0.715. The fourth-order valence-corrected chi connectivity index (χ4v) is 4.77. The lowest BCUT2D eigenvalue weighted by Gasteiger charge is -2.32. The molecule has 46 heavy (non-hydrogen) atoms. The number of phenols is 1. The molecule has 0 heterocycles. The molecule has 0 aliphatic carbocycles. The van der Waals surface area contributed by atoms with Crippen LogP contribution in [0.3, 0.4) is 0 Å². The number of hydrogen-bond donors (Lipinski definition) is 3. The number of aromatic hydroxyl groups is 1. The molecule has 0 aromatic heterocycles. The highest BCUT2D eigenvalue weighted by Crippen LogP contribution is 2.40. The van der Waals surface area contributed by atoms with E-state index < -0.39 is 64.0 Å². The number of carbonyl (C=O) groups is 2. The standard InChI is InChI=1S/C34H38ClF5N2O4/c1-9-33(5,6)17-11-12-23(18(13-17)34(7,8)10-2)46-30(16(3)4)32(45)41-20-15-22(43)21(14-19(20)35)42-31(44)24-25(36)27(38)29(40)28(39)26(24)37/h11-16,30,43H,9-10H2,1-8H3,(H,41,45)(H,42,44). The van der Waals surface area contributed by atoms with Gasteiger partial charge in [0.1, 0.15) is 17.1 Å². The van der Waals surface area contributed by atoms with Crippen molar-refractivity contribution in [3.8, 4) is 11.5 Å². The first-order chi connectivity index (χ1) is 21.3. The minimum atomic E-state index is -2.43. The van der Waals surface area contributed by atoms with Gasteiger partial charge in [0.25, 0.3) is 11.8 Å². The lowest BCUT2D eigenvalue weighted by molar-refractivity contribution is -0.124. The zero-order valence-corrected chi connectivity index (χ0v) is 27.7. The Kier molecular flexibility index (Phi) is 11.0. The number of ether oxygens (including phenoxy) is 1. The largest absolute Gasteiger partial charge is 0.506 e. The Morgan fingerprint density at radius 1 is 0.826 bits per heavy atom. The fourth-order valence-electron chi connectivity index (χ4n) is 4.56. The summed E-state index contributed by atoms with van der Waals surface area (Å²) in [6, 6.07) is 7.86. The number of rotatable bonds is 11. The predicted molar refractivity (Wildman–Crippen MR) is 168 cm³/mol. The third-order valence-electron chi connectivity index (χ3n) is 8.40. The van der Waals surface area contributed by atoms with Gasteiger partial charge in [0, 0.05) is 11.6 Å². The zero-order valence-electron chi connectivity index (χ0n) is 26.9. The average Bonchev–Trinajstić information content (AvgIpc) is 2.99. The number of halogens is 6. The second-order valence-corrected chi connectivity index (χ2v) is 13.1. The summed E-state index contributed by atoms with van der Waals surface area (Å²) in [5.41, 5.74) is -0.643. The van der Waals surface area contributed by atoms with Crippen LogP contribution >= 0.6 is 11.6 Å². The molecule has 3 rings (SSSR count). The Morgan fingerprint density at radius 2 is 1.37 bits per heavy atom. The summed E-state index contributed by atoms with van der Waals surface area (Å²) >= 11 is 6.30. The van der Waals surface area contributed by atoms with Crippen LogP contribution in [0.2, 0.25) is 5.02 Å². The number of benzene rings is 3. The van der Waals surface area contributed by atoms with Crippen LogP contribution in [0.5, 0.6) is 11.5 Å². The predicted octanol–water partition coefficient (Wildman–Crippen LogP) is 9.41. The van der Waals surface area contributed by atoms with Crippen molar-refractivity contribution in [1.82, 2.24) is 0 Å². The van der Waals surface area contributed by atoms with Crippen molar-refractivity contribution in [2.24, 2.45) is 5.92 Å². The van der Waals surface area contributed by atoms with Gasteiger partial charge in [-0.3, -0.25) is 9.59 Å². The second kappa shape index (κ2) is 13.9. The first kappa shape index (κ1) is 36.6. The first-order valence-electron chi connectivity index (χ1n) is 14.7. The molecule has 0 aliphatic heterocycles. The molecular weight excluding hydrogens is 631 g/mol. The third kappa shape index (κ3) is 7.40. The number of amides is 2. The van der Waals surface area contributed by atoms with Gasteiger partial charge in [0.05, 0.1) is 16.4 Å². The van der Waals surface area contributed by atoms with Crippen molar-refractivity contribution >= 4 is 34.8 Å². The summed E-state index contributed by atoms with van der Waals surface area (Å²) in [4.78, 5) is 26.0. The highest BCUT2D eigenvalue weighted by atomic mass is 35.5. The number of nitrogens with one attached hydrogen (secondary N) is 2. The normalized spacial score (nSPS) is 12.7. The second-order valence-electron chi connectivity index (χ2n) is 12.7. The first-order valence-corrected chi connectivity index (χ1v) is 15.1. The van der Waals surface area contributed by atoms with E-state index in [0.29, 0.717) is 5.75 Å². The smallest absolute Gasteiger partial charge is 0.265 e. The molecular formula is C34H38ClF5N2O4. The molecule has 0 radical (unpaired) electrons. The molecule has 0 fully saturated rings. The molecule has 0 aliphatic rings. The highest BCUT2D eigenvalue weighted by molar-refractivity contribution is 6.34. The van der Waals surface area contributed by atoms with Gasteiger partial charge in [-0.2, -0.15) is 0 Å². The Labute approximate surface area is 270 Å². The minimum absolute atomic E-state index is 0.0793. The Bertz CT molecular complexity index is 1630. The molecule has 0 saturated heterocycles. The van der Waals surface area contributed by atoms with Gasteiger partial charge in [-0.1, -0.05) is 79.1 Å². The van der Waals surface area contributed by atoms with Gasteiger partial charge in [0.2, 0.25) is 5.82 Å². The molecule has 0 bridgehead atoms. The molecule has 1 unspecified atom stereocenters. The molecule has 2 amide bonds. The molecule has 3 aromatic rings. The monoisotopic (exact) mass is 668 g/mol. The van der Waals surface area contributed by atoms with E-state index in [1.807, 2.05) is 17.4 Å². The molecule has 0 saturated carbocycles. The minimum Gasteiger partial charge on any atom is -0.506 e. The van der Waals surface area contributed by atoms with Crippen LogP contribution in [-0.2, 0) is 15.6 Å². The van der Waals surface area contributed by atoms with E-state index in [2.05, 4.69) is 52.9 Å². The van der Waals surface area contributed by atoms with Crippen molar-refractivity contribution < 1.29 is 41.4 Å². The Hall–Kier alpha value is -3.86. The molecule has 3 N–H and O–H groups in total. The van der Waals surface area contributed by atoms with Crippen molar-refractivity contribution in [3.63, 3.8) is 0 Å².